The molecule has 0 fully saturated rings. The second-order valence-electron chi connectivity index (χ2n) is 9.37. The monoisotopic (exact) mass is 564 g/mol. The van der Waals surface area contributed by atoms with E-state index in [0.29, 0.717) is 5.75 Å². The largest absolute Gasteiger partial charge is 0.496 e. The summed E-state index contributed by atoms with van der Waals surface area (Å²) in [5.41, 5.74) is 0.256. The molecule has 0 amide bonds. The number of carbonyl (C=O) groups excluding carboxylic acids is 4. The van der Waals surface area contributed by atoms with Crippen LogP contribution in [0.25, 0.3) is 0 Å². The third-order valence-electron chi connectivity index (χ3n) is 6.74. The number of alkyl halides is 1. The van der Waals surface area contributed by atoms with Crippen LogP contribution in [0.5, 0.6) is 5.75 Å². The Morgan fingerprint density at radius 1 is 0.825 bits per heavy atom. The summed E-state index contributed by atoms with van der Waals surface area (Å²) in [5.74, 6) is -1.78. The third-order valence-corrected chi connectivity index (χ3v) is 7.29. The lowest BCUT2D eigenvalue weighted by Crippen LogP contribution is -2.32. The molecule has 40 heavy (non-hydrogen) atoms. The molecule has 2 aliphatic carbocycles. The number of halogens is 1. The van der Waals surface area contributed by atoms with E-state index in [0.717, 1.165) is 5.56 Å². The molecule has 0 saturated heterocycles. The molecule has 0 aliphatic heterocycles. The van der Waals surface area contributed by atoms with Gasteiger partial charge in [0.25, 0.3) is 11.4 Å². The van der Waals surface area contributed by atoms with E-state index in [2.05, 4.69) is 0 Å². The molecular weight excluding hydrogens is 544 g/mol. The lowest BCUT2D eigenvalue weighted by Gasteiger charge is -2.22. The van der Waals surface area contributed by atoms with E-state index < -0.39 is 37.8 Å². The van der Waals surface area contributed by atoms with Gasteiger partial charge in [-0.15, -0.1) is 0 Å². The van der Waals surface area contributed by atoms with Crippen LogP contribution in [0.1, 0.15) is 78.7 Å². The number of ketones is 4. The number of rotatable bonds is 5. The van der Waals surface area contributed by atoms with E-state index >= 15 is 0 Å². The topological polar surface area (TPSA) is 164 Å². The summed E-state index contributed by atoms with van der Waals surface area (Å²) in [6.45, 7) is 3.99. The molecule has 5 rings (SSSR count). The third kappa shape index (κ3) is 4.43. The number of ether oxygens (including phenoxy) is 1. The highest BCUT2D eigenvalue weighted by atomic mass is 35.5. The van der Waals surface area contributed by atoms with Crippen LogP contribution in [-0.2, 0) is 4.87 Å². The smallest absolute Gasteiger partial charge is 0.281 e. The molecule has 1 unspecified atom stereocenters. The van der Waals surface area contributed by atoms with Crippen molar-refractivity contribution in [3.8, 4) is 5.75 Å². The maximum absolute atomic E-state index is 13.0. The van der Waals surface area contributed by atoms with Crippen LogP contribution in [0, 0.1) is 20.2 Å². The number of hydrogen-bond acceptors (Lipinski definition) is 9. The van der Waals surface area contributed by atoms with Crippen LogP contribution in [0.2, 0.25) is 0 Å². The minimum absolute atomic E-state index is 0.0394. The average molecular weight is 565 g/mol. The van der Waals surface area contributed by atoms with Crippen LogP contribution in [-0.4, -0.2) is 40.1 Å². The van der Waals surface area contributed by atoms with Gasteiger partial charge in [-0.3, -0.25) is 39.4 Å². The Hall–Kier alpha value is -4.77. The van der Waals surface area contributed by atoms with Crippen LogP contribution in [0.3, 0.4) is 0 Å². The molecule has 0 N–H and O–H groups in total. The molecule has 0 radical (unpaired) electrons. The summed E-state index contributed by atoms with van der Waals surface area (Å²) < 4.78 is 5.36. The van der Waals surface area contributed by atoms with Crippen LogP contribution < -0.4 is 4.74 Å². The number of nitrogens with zero attached hydrogens (tertiary/aromatic N) is 2. The second kappa shape index (κ2) is 10.4. The molecule has 11 nitrogen and oxygen atoms in total. The first-order valence-electron chi connectivity index (χ1n) is 11.9. The minimum Gasteiger partial charge on any atom is -0.496 e. The molecule has 0 bridgehead atoms. The first-order chi connectivity index (χ1) is 18.8. The van der Waals surface area contributed by atoms with Gasteiger partial charge in [0.1, 0.15) is 16.9 Å². The Kier molecular flexibility index (Phi) is 7.36. The van der Waals surface area contributed by atoms with Gasteiger partial charge in [-0.2, -0.15) is 0 Å². The Morgan fingerprint density at radius 2 is 1.40 bits per heavy atom. The predicted molar refractivity (Wildman–Crippen MR) is 143 cm³/mol. The number of fused-ring (bicyclic) bond motifs is 2. The number of nitro groups is 2. The Labute approximate surface area is 232 Å². The van der Waals surface area contributed by atoms with Gasteiger partial charge in [0.2, 0.25) is 5.78 Å². The van der Waals surface area contributed by atoms with Crippen molar-refractivity contribution in [3.63, 3.8) is 0 Å². The Bertz CT molecular complexity index is 1650. The lowest BCUT2D eigenvalue weighted by molar-refractivity contribution is -0.385. The molecule has 1 atom stereocenters. The van der Waals surface area contributed by atoms with Gasteiger partial charge in [-0.1, -0.05) is 61.8 Å². The van der Waals surface area contributed by atoms with Gasteiger partial charge >= 0.3 is 0 Å². The average Bonchev–Trinajstić information content (AvgIpc) is 3.33. The van der Waals surface area contributed by atoms with Crippen molar-refractivity contribution < 1.29 is 33.8 Å². The molecule has 12 heteroatoms. The summed E-state index contributed by atoms with van der Waals surface area (Å²) in [5, 5.41) is 21.8. The number of nitro benzene ring substituents is 2. The molecular formula is C28H21ClN2O9. The maximum Gasteiger partial charge on any atom is 0.281 e. The first kappa shape index (κ1) is 28.2. The summed E-state index contributed by atoms with van der Waals surface area (Å²) in [7, 11) is 1.42. The molecule has 2 aliphatic rings. The number of hydrogen-bond donors (Lipinski definition) is 0. The fourth-order valence-electron chi connectivity index (χ4n) is 4.72. The molecule has 3 aromatic rings. The normalized spacial score (nSPS) is 17.3. The van der Waals surface area contributed by atoms with Gasteiger partial charge in [0.15, 0.2) is 22.2 Å². The van der Waals surface area contributed by atoms with Crippen molar-refractivity contribution in [1.29, 1.82) is 0 Å². The minimum atomic E-state index is -2.07. The van der Waals surface area contributed by atoms with E-state index in [1.807, 2.05) is 13.8 Å². The van der Waals surface area contributed by atoms with Crippen LogP contribution >= 0.6 is 11.6 Å². The van der Waals surface area contributed by atoms with Crippen molar-refractivity contribution in [3.05, 3.63) is 108 Å². The number of methoxy groups -OCH3 is 1. The van der Waals surface area contributed by atoms with Crippen molar-refractivity contribution in [2.45, 2.75) is 31.1 Å². The standard InChI is InChI=1S/C19H16ClNO5.C9H5NO4/c1-10(2)11-7-8-13(15(9-11)26-3)19(20)17(22)12-5-4-6-14(21(24)25)16(12)18(19)23;11-7-4-8(12)9-5(7)2-1-3-6(9)10(13)14/h4-10H,1-3H3;1-3H,4H2. The quantitative estimate of drug-likeness (QED) is 0.166. The van der Waals surface area contributed by atoms with Crippen molar-refractivity contribution in [2.75, 3.05) is 7.11 Å². The summed E-state index contributed by atoms with van der Waals surface area (Å²) in [6, 6.07) is 13.1. The molecule has 0 aromatic heterocycles. The zero-order valence-corrected chi connectivity index (χ0v) is 22.2. The predicted octanol–water partition coefficient (Wildman–Crippen LogP) is 5.60. The summed E-state index contributed by atoms with van der Waals surface area (Å²) >= 11 is 6.55. The fraction of sp³-hybridized carbons (Fsp3) is 0.214. The second-order valence-corrected chi connectivity index (χ2v) is 9.93. The Morgan fingerprint density at radius 3 is 1.95 bits per heavy atom. The molecule has 3 aromatic carbocycles. The molecule has 0 heterocycles. The van der Waals surface area contributed by atoms with Gasteiger partial charge < -0.3 is 4.74 Å². The van der Waals surface area contributed by atoms with E-state index in [1.54, 1.807) is 18.2 Å². The lowest BCUT2D eigenvalue weighted by atomic mass is 9.90. The van der Waals surface area contributed by atoms with Crippen LogP contribution in [0.15, 0.2) is 54.6 Å². The molecule has 204 valence electrons. The van der Waals surface area contributed by atoms with Gasteiger partial charge in [-0.05, 0) is 17.5 Å². The van der Waals surface area contributed by atoms with E-state index in [4.69, 9.17) is 16.3 Å². The van der Waals surface area contributed by atoms with Crippen molar-refractivity contribution in [2.24, 2.45) is 0 Å². The number of benzene rings is 3. The van der Waals surface area contributed by atoms with E-state index in [1.165, 1.54) is 43.5 Å². The van der Waals surface area contributed by atoms with Gasteiger partial charge in [0.05, 0.1) is 23.4 Å². The number of Topliss-reactive ketones (excluding diaryl/α,β-unsaturated/α-hetero) is 4. The maximum atomic E-state index is 13.0. The SMILES string of the molecule is COc1cc(C(C)C)ccc1C1(Cl)C(=O)c2cccc([N+](=O)[O-])c2C1=O.O=C1CC(=O)c2c1cccc2[N+](=O)[O-]. The summed E-state index contributed by atoms with van der Waals surface area (Å²) in [4.78, 5) is 66.9. The van der Waals surface area contributed by atoms with Crippen molar-refractivity contribution in [1.82, 2.24) is 0 Å². The zero-order chi connectivity index (χ0) is 29.5. The first-order valence-corrected chi connectivity index (χ1v) is 12.3. The summed E-state index contributed by atoms with van der Waals surface area (Å²) in [6.07, 6.45) is -0.250. The van der Waals surface area contributed by atoms with Gasteiger partial charge in [0, 0.05) is 28.8 Å². The zero-order valence-electron chi connectivity index (χ0n) is 21.4. The molecule has 0 saturated carbocycles. The number of carbonyl (C=O) groups is 4. The van der Waals surface area contributed by atoms with E-state index in [9.17, 15) is 39.4 Å². The van der Waals surface area contributed by atoms with Crippen molar-refractivity contribution >= 4 is 46.1 Å². The highest BCUT2D eigenvalue weighted by Gasteiger charge is 2.57. The fourth-order valence-corrected chi connectivity index (χ4v) is 5.08. The highest BCUT2D eigenvalue weighted by molar-refractivity contribution is 6.55. The van der Waals surface area contributed by atoms with Crippen LogP contribution in [0.4, 0.5) is 11.4 Å². The molecule has 0 spiro atoms. The van der Waals surface area contributed by atoms with E-state index in [-0.39, 0.29) is 51.6 Å². The highest BCUT2D eigenvalue weighted by Crippen LogP contribution is 2.48. The van der Waals surface area contributed by atoms with Gasteiger partial charge in [-0.25, -0.2) is 0 Å². The Balaban J connectivity index is 0.000000222.